The van der Waals surface area contributed by atoms with Gasteiger partial charge >= 0.3 is 6.18 Å². The van der Waals surface area contributed by atoms with Crippen LogP contribution in [-0.4, -0.2) is 45.7 Å². The second kappa shape index (κ2) is 7.75. The number of imidazole rings is 1. The molecule has 0 aliphatic carbocycles. The number of pyridine rings is 1. The van der Waals surface area contributed by atoms with Crippen molar-refractivity contribution in [3.63, 3.8) is 0 Å². The Balaban J connectivity index is 1.47. The number of hydrogen-bond donors (Lipinski definition) is 1. The molecule has 0 unspecified atom stereocenters. The highest BCUT2D eigenvalue weighted by atomic mass is 19.4. The minimum absolute atomic E-state index is 0.0126. The minimum atomic E-state index is -4.16. The van der Waals surface area contributed by atoms with Gasteiger partial charge in [-0.1, -0.05) is 30.3 Å². The fourth-order valence-electron chi connectivity index (χ4n) is 3.69. The predicted molar refractivity (Wildman–Crippen MR) is 102 cm³/mol. The van der Waals surface area contributed by atoms with Crippen LogP contribution in [0.2, 0.25) is 0 Å². The normalized spacial score (nSPS) is 18.3. The van der Waals surface area contributed by atoms with Crippen molar-refractivity contribution >= 4 is 0 Å². The van der Waals surface area contributed by atoms with Crippen molar-refractivity contribution in [2.24, 2.45) is 0 Å². The summed E-state index contributed by atoms with van der Waals surface area (Å²) in [6.45, 7) is -0.00592. The van der Waals surface area contributed by atoms with Gasteiger partial charge in [-0.3, -0.25) is 9.88 Å². The van der Waals surface area contributed by atoms with Crippen LogP contribution in [0, 0.1) is 0 Å². The van der Waals surface area contributed by atoms with Crippen molar-refractivity contribution in [2.75, 3.05) is 19.6 Å². The molecule has 0 spiro atoms. The second-order valence-corrected chi connectivity index (χ2v) is 7.16. The lowest BCUT2D eigenvalue weighted by molar-refractivity contribution is -0.148. The molecule has 4 nitrogen and oxygen atoms in total. The summed E-state index contributed by atoms with van der Waals surface area (Å²) in [5.74, 6) is 0.732. The average molecular weight is 386 g/mol. The van der Waals surface area contributed by atoms with Gasteiger partial charge in [-0.05, 0) is 31.5 Å². The summed E-state index contributed by atoms with van der Waals surface area (Å²) >= 11 is 0. The summed E-state index contributed by atoms with van der Waals surface area (Å²) in [6, 6.07) is 13.8. The van der Waals surface area contributed by atoms with E-state index in [1.807, 2.05) is 42.5 Å². The molecule has 1 aliphatic heterocycles. The predicted octanol–water partition coefficient (Wildman–Crippen LogP) is 4.88. The molecule has 0 bridgehead atoms. The number of benzene rings is 1. The molecule has 1 fully saturated rings. The average Bonchev–Trinajstić information content (AvgIpc) is 3.18. The lowest BCUT2D eigenvalue weighted by atomic mass is 9.97. The first-order valence-electron chi connectivity index (χ1n) is 9.34. The van der Waals surface area contributed by atoms with Gasteiger partial charge < -0.3 is 4.98 Å². The smallest absolute Gasteiger partial charge is 0.348 e. The lowest BCUT2D eigenvalue weighted by Gasteiger charge is -2.32. The third kappa shape index (κ3) is 4.42. The van der Waals surface area contributed by atoms with Gasteiger partial charge in [0.2, 0.25) is 0 Å². The minimum Gasteiger partial charge on any atom is -0.348 e. The van der Waals surface area contributed by atoms with E-state index in [-0.39, 0.29) is 5.92 Å². The van der Waals surface area contributed by atoms with Gasteiger partial charge in [0.05, 0.1) is 17.9 Å². The van der Waals surface area contributed by atoms with Gasteiger partial charge in [0.1, 0.15) is 5.82 Å². The maximum atomic E-state index is 12.7. The maximum Gasteiger partial charge on any atom is 0.401 e. The molecular formula is C21H21F3N4. The lowest BCUT2D eigenvalue weighted by Crippen LogP contribution is -2.40. The first-order valence-corrected chi connectivity index (χ1v) is 9.34. The molecule has 4 rings (SSSR count). The van der Waals surface area contributed by atoms with Crippen LogP contribution in [0.3, 0.4) is 0 Å². The quantitative estimate of drug-likeness (QED) is 0.695. The van der Waals surface area contributed by atoms with E-state index in [0.717, 1.165) is 41.2 Å². The zero-order valence-corrected chi connectivity index (χ0v) is 15.3. The molecule has 0 amide bonds. The molecule has 1 aliphatic rings. The third-order valence-corrected chi connectivity index (χ3v) is 5.02. The van der Waals surface area contributed by atoms with Crippen molar-refractivity contribution < 1.29 is 13.2 Å². The number of nitrogens with one attached hydrogen (secondary N) is 1. The SMILES string of the molecule is FC(F)(F)CN1CCC[C@H](c2nc(-c3ccc(-c4ccccc4)nc3)c[nH]2)C1. The van der Waals surface area contributed by atoms with Crippen molar-refractivity contribution in [3.8, 4) is 22.5 Å². The van der Waals surface area contributed by atoms with Crippen LogP contribution in [0.25, 0.3) is 22.5 Å². The summed E-state index contributed by atoms with van der Waals surface area (Å²) in [7, 11) is 0. The number of piperidine rings is 1. The fraction of sp³-hybridized carbons (Fsp3) is 0.333. The van der Waals surface area contributed by atoms with E-state index in [1.165, 1.54) is 4.90 Å². The number of hydrogen-bond acceptors (Lipinski definition) is 3. The first kappa shape index (κ1) is 18.7. The number of nitrogens with zero attached hydrogens (tertiary/aromatic N) is 3. The van der Waals surface area contributed by atoms with Crippen molar-refractivity contribution in [1.29, 1.82) is 0 Å². The molecule has 7 heteroatoms. The number of aromatic nitrogens is 3. The van der Waals surface area contributed by atoms with Crippen LogP contribution in [0.4, 0.5) is 13.2 Å². The van der Waals surface area contributed by atoms with Crippen molar-refractivity contribution in [1.82, 2.24) is 19.9 Å². The number of aromatic amines is 1. The number of alkyl halides is 3. The maximum absolute atomic E-state index is 12.7. The van der Waals surface area contributed by atoms with Crippen LogP contribution < -0.4 is 0 Å². The van der Waals surface area contributed by atoms with Gasteiger partial charge in [-0.15, -0.1) is 0 Å². The van der Waals surface area contributed by atoms with E-state index in [0.29, 0.717) is 13.1 Å². The third-order valence-electron chi connectivity index (χ3n) is 5.02. The zero-order valence-electron chi connectivity index (χ0n) is 15.3. The number of likely N-dealkylation sites (tertiary alicyclic amines) is 1. The molecule has 1 atom stereocenters. The Labute approximate surface area is 161 Å². The molecule has 3 aromatic rings. The van der Waals surface area contributed by atoms with Crippen LogP contribution in [0.5, 0.6) is 0 Å². The molecular weight excluding hydrogens is 365 g/mol. The standard InChI is InChI=1S/C21H21F3N4/c22-21(23,24)14-28-10-4-7-17(13-28)20-26-12-19(27-20)16-8-9-18(25-11-16)15-5-2-1-3-6-15/h1-3,5-6,8-9,11-12,17H,4,7,10,13-14H2,(H,26,27)/t17-/m0/s1. The van der Waals surface area contributed by atoms with Gasteiger partial charge in [-0.2, -0.15) is 13.2 Å². The fourth-order valence-corrected chi connectivity index (χ4v) is 3.69. The molecule has 1 saturated heterocycles. The monoisotopic (exact) mass is 386 g/mol. The number of rotatable bonds is 4. The molecule has 0 saturated carbocycles. The van der Waals surface area contributed by atoms with E-state index in [1.54, 1.807) is 12.4 Å². The Morgan fingerprint density at radius 1 is 1.04 bits per heavy atom. The van der Waals surface area contributed by atoms with E-state index in [2.05, 4.69) is 15.0 Å². The number of H-pyrrole nitrogens is 1. The van der Waals surface area contributed by atoms with E-state index < -0.39 is 12.7 Å². The number of halogens is 3. The van der Waals surface area contributed by atoms with Crippen LogP contribution in [0.1, 0.15) is 24.6 Å². The largest absolute Gasteiger partial charge is 0.401 e. The Kier molecular flexibility index (Phi) is 5.17. The Bertz CT molecular complexity index is 903. The van der Waals surface area contributed by atoms with Gasteiger partial charge in [-0.25, -0.2) is 4.98 Å². The molecule has 0 radical (unpaired) electrons. The van der Waals surface area contributed by atoms with Gasteiger partial charge in [0.25, 0.3) is 0 Å². The van der Waals surface area contributed by atoms with Gasteiger partial charge in [0.15, 0.2) is 0 Å². The molecule has 3 heterocycles. The highest BCUT2D eigenvalue weighted by molar-refractivity contribution is 5.64. The van der Waals surface area contributed by atoms with Crippen LogP contribution in [-0.2, 0) is 0 Å². The van der Waals surface area contributed by atoms with E-state index in [9.17, 15) is 13.2 Å². The molecule has 1 N–H and O–H groups in total. The highest BCUT2D eigenvalue weighted by Crippen LogP contribution is 2.29. The molecule has 1 aromatic carbocycles. The zero-order chi connectivity index (χ0) is 19.6. The summed E-state index contributed by atoms with van der Waals surface area (Å²) in [5, 5.41) is 0. The second-order valence-electron chi connectivity index (χ2n) is 7.16. The van der Waals surface area contributed by atoms with Gasteiger partial charge in [0, 0.05) is 36.0 Å². The first-order chi connectivity index (χ1) is 13.5. The van der Waals surface area contributed by atoms with Crippen LogP contribution >= 0.6 is 0 Å². The highest BCUT2D eigenvalue weighted by Gasteiger charge is 2.33. The Morgan fingerprint density at radius 2 is 1.86 bits per heavy atom. The summed E-state index contributed by atoms with van der Waals surface area (Å²) in [6.07, 6.45) is 0.995. The topological polar surface area (TPSA) is 44.8 Å². The Morgan fingerprint density at radius 3 is 2.57 bits per heavy atom. The molecule has 146 valence electrons. The van der Waals surface area contributed by atoms with E-state index in [4.69, 9.17) is 0 Å². The summed E-state index contributed by atoms with van der Waals surface area (Å²) in [5.41, 5.74) is 3.57. The summed E-state index contributed by atoms with van der Waals surface area (Å²) in [4.78, 5) is 13.8. The van der Waals surface area contributed by atoms with Crippen molar-refractivity contribution in [2.45, 2.75) is 24.9 Å². The Hall–Kier alpha value is -2.67. The molecule has 28 heavy (non-hydrogen) atoms. The van der Waals surface area contributed by atoms with Crippen LogP contribution in [0.15, 0.2) is 54.9 Å². The molecule has 2 aromatic heterocycles. The van der Waals surface area contributed by atoms with E-state index >= 15 is 0 Å². The van der Waals surface area contributed by atoms with Crippen molar-refractivity contribution in [3.05, 3.63) is 60.7 Å². The summed E-state index contributed by atoms with van der Waals surface area (Å²) < 4.78 is 38.0.